The zero-order chi connectivity index (χ0) is 20.0. The van der Waals surface area contributed by atoms with E-state index in [0.717, 1.165) is 26.4 Å². The summed E-state index contributed by atoms with van der Waals surface area (Å²) in [5, 5.41) is 4.04. The van der Waals surface area contributed by atoms with Crippen molar-refractivity contribution < 1.29 is 9.59 Å². The minimum atomic E-state index is -0.333. The zero-order valence-electron chi connectivity index (χ0n) is 15.6. The van der Waals surface area contributed by atoms with Crippen molar-refractivity contribution in [2.24, 2.45) is 5.73 Å². The maximum Gasteiger partial charge on any atom is 0.214 e. The molecule has 7 heteroatoms. The second-order valence-electron chi connectivity index (χ2n) is 6.33. The molecule has 0 unspecified atom stereocenters. The summed E-state index contributed by atoms with van der Waals surface area (Å²) in [7, 11) is 2.04. The fraction of sp³-hybridized carbons (Fsp3) is 0.300. The smallest absolute Gasteiger partial charge is 0.214 e. The molecule has 0 aliphatic heterocycles. The summed E-state index contributed by atoms with van der Waals surface area (Å²) in [5.74, 6) is -0.333. The Morgan fingerprint density at radius 2 is 1.89 bits per heavy atom. The quantitative estimate of drug-likeness (QED) is 0.565. The number of likely N-dealkylation sites (N-methyl/N-ethyl adjacent to an activating group) is 1. The lowest BCUT2D eigenvalue weighted by Gasteiger charge is -2.04. The number of hydrogen-bond donors (Lipinski definition) is 3. The average Bonchev–Trinajstić information content (AvgIpc) is 3.30. The number of halogens is 1. The van der Waals surface area contributed by atoms with Crippen LogP contribution in [0.2, 0.25) is 5.02 Å². The Balaban J connectivity index is 0.000000163. The van der Waals surface area contributed by atoms with Crippen molar-refractivity contribution in [2.45, 2.75) is 32.7 Å². The van der Waals surface area contributed by atoms with Crippen LogP contribution in [0.25, 0.3) is 10.2 Å². The molecule has 0 bridgehead atoms. The molecule has 0 radical (unpaired) electrons. The summed E-state index contributed by atoms with van der Waals surface area (Å²) in [5.41, 5.74) is 8.97. The highest BCUT2D eigenvalue weighted by molar-refractivity contribution is 7.19. The lowest BCUT2D eigenvalue weighted by molar-refractivity contribution is -0.115. The first-order valence-corrected chi connectivity index (χ1v) is 9.78. The van der Waals surface area contributed by atoms with Gasteiger partial charge in [-0.25, -0.2) is 0 Å². The number of aromatic nitrogens is 1. The number of nitrogens with two attached hydrogens (primary N) is 1. The van der Waals surface area contributed by atoms with E-state index in [0.29, 0.717) is 11.7 Å². The second kappa shape index (κ2) is 9.69. The molecular weight excluding hydrogens is 382 g/mol. The Labute approximate surface area is 167 Å². The third-order valence-corrected chi connectivity index (χ3v) is 5.82. The van der Waals surface area contributed by atoms with Gasteiger partial charge in [0.1, 0.15) is 0 Å². The molecule has 4 N–H and O–H groups in total. The van der Waals surface area contributed by atoms with Gasteiger partial charge in [-0.3, -0.25) is 9.59 Å². The fourth-order valence-corrected chi connectivity index (χ4v) is 4.19. The molecule has 0 spiro atoms. The summed E-state index contributed by atoms with van der Waals surface area (Å²) in [6.45, 7) is 3.27. The minimum Gasteiger partial charge on any atom is -0.370 e. The second-order valence-corrected chi connectivity index (χ2v) is 7.96. The number of thiophene rings is 1. The van der Waals surface area contributed by atoms with E-state index >= 15 is 0 Å². The Hall–Kier alpha value is -2.15. The first-order valence-electron chi connectivity index (χ1n) is 8.58. The van der Waals surface area contributed by atoms with E-state index in [1.807, 2.05) is 20.0 Å². The van der Waals surface area contributed by atoms with Gasteiger partial charge in [0, 0.05) is 17.8 Å². The summed E-state index contributed by atoms with van der Waals surface area (Å²) < 4.78 is 1.04. The number of aldehydes is 1. The number of benzene rings is 1. The molecule has 2 heterocycles. The molecule has 2 aromatic heterocycles. The average molecular weight is 406 g/mol. The van der Waals surface area contributed by atoms with Gasteiger partial charge in [0.05, 0.1) is 20.9 Å². The third kappa shape index (κ3) is 5.66. The SMILES string of the molecule is CC(N)=O.CNC1Cc2ccccc2C1.Cc1sc2cc(C=O)[nH]c2c1Cl. The van der Waals surface area contributed by atoms with Crippen LogP contribution >= 0.6 is 22.9 Å². The molecule has 1 aliphatic carbocycles. The number of amides is 1. The summed E-state index contributed by atoms with van der Waals surface area (Å²) in [4.78, 5) is 23.6. The maximum atomic E-state index is 10.4. The van der Waals surface area contributed by atoms with E-state index in [1.54, 1.807) is 11.3 Å². The molecule has 0 atom stereocenters. The molecule has 4 rings (SSSR count). The molecule has 0 fully saturated rings. The number of aryl methyl sites for hydroxylation is 1. The lowest BCUT2D eigenvalue weighted by Crippen LogP contribution is -2.24. The largest absolute Gasteiger partial charge is 0.370 e. The Morgan fingerprint density at radius 1 is 1.33 bits per heavy atom. The van der Waals surface area contributed by atoms with Crippen molar-refractivity contribution in [2.75, 3.05) is 7.05 Å². The predicted molar refractivity (Wildman–Crippen MR) is 113 cm³/mol. The Kier molecular flexibility index (Phi) is 7.59. The van der Waals surface area contributed by atoms with E-state index in [-0.39, 0.29) is 5.91 Å². The summed E-state index contributed by atoms with van der Waals surface area (Å²) >= 11 is 7.57. The van der Waals surface area contributed by atoms with Crippen LogP contribution in [-0.4, -0.2) is 30.3 Å². The molecule has 0 saturated carbocycles. The highest BCUT2D eigenvalue weighted by atomic mass is 35.5. The number of H-pyrrole nitrogens is 1. The number of aromatic amines is 1. The molecular formula is C20H24ClN3O2S. The van der Waals surface area contributed by atoms with Gasteiger partial charge in [0.2, 0.25) is 5.91 Å². The Morgan fingerprint density at radius 3 is 2.33 bits per heavy atom. The van der Waals surface area contributed by atoms with Crippen molar-refractivity contribution in [3.63, 3.8) is 0 Å². The van der Waals surface area contributed by atoms with Gasteiger partial charge in [0.25, 0.3) is 0 Å². The first-order chi connectivity index (χ1) is 12.8. The fourth-order valence-electron chi connectivity index (χ4n) is 2.91. The van der Waals surface area contributed by atoms with Crippen LogP contribution < -0.4 is 11.1 Å². The number of primary amides is 1. The van der Waals surface area contributed by atoms with Gasteiger partial charge in [0.15, 0.2) is 6.29 Å². The van der Waals surface area contributed by atoms with Crippen LogP contribution in [0, 0.1) is 6.92 Å². The molecule has 3 aromatic rings. The number of rotatable bonds is 2. The van der Waals surface area contributed by atoms with Crippen molar-refractivity contribution in [1.29, 1.82) is 0 Å². The molecule has 144 valence electrons. The molecule has 1 aromatic carbocycles. The van der Waals surface area contributed by atoms with Gasteiger partial charge in [-0.15, -0.1) is 11.3 Å². The summed E-state index contributed by atoms with van der Waals surface area (Å²) in [6.07, 6.45) is 3.19. The van der Waals surface area contributed by atoms with Gasteiger partial charge in [-0.05, 0) is 44.0 Å². The van der Waals surface area contributed by atoms with Crippen LogP contribution in [-0.2, 0) is 17.6 Å². The maximum absolute atomic E-state index is 10.4. The van der Waals surface area contributed by atoms with Crippen molar-refractivity contribution in [3.05, 3.63) is 57.1 Å². The summed E-state index contributed by atoms with van der Waals surface area (Å²) in [6, 6.07) is 11.2. The normalized spacial score (nSPS) is 12.6. The van der Waals surface area contributed by atoms with E-state index < -0.39 is 0 Å². The van der Waals surface area contributed by atoms with E-state index in [2.05, 4.69) is 40.3 Å². The zero-order valence-corrected chi connectivity index (χ0v) is 17.2. The van der Waals surface area contributed by atoms with Crippen LogP contribution in [0.1, 0.15) is 33.4 Å². The van der Waals surface area contributed by atoms with Gasteiger partial charge >= 0.3 is 0 Å². The van der Waals surface area contributed by atoms with Gasteiger partial charge in [-0.2, -0.15) is 0 Å². The number of carbonyl (C=O) groups is 2. The highest BCUT2D eigenvalue weighted by Gasteiger charge is 2.18. The standard InChI is InChI=1S/C10H13N.C8H6ClNOS.C2H5NO/c1-11-10-6-8-4-2-3-5-9(8)7-10;1-4-7(9)8-6(12-4)2-5(3-11)10-8;1-2(3)4/h2-5,10-11H,6-7H2,1H3;2-3,10H,1H3;1H3,(H2,3,4). The third-order valence-electron chi connectivity index (χ3n) is 4.18. The van der Waals surface area contributed by atoms with E-state index in [4.69, 9.17) is 11.6 Å². The van der Waals surface area contributed by atoms with Crippen molar-refractivity contribution in [3.8, 4) is 0 Å². The number of fused-ring (bicyclic) bond motifs is 2. The van der Waals surface area contributed by atoms with Gasteiger partial charge in [-0.1, -0.05) is 35.9 Å². The lowest BCUT2D eigenvalue weighted by atomic mass is 10.1. The van der Waals surface area contributed by atoms with Crippen LogP contribution in [0.3, 0.4) is 0 Å². The monoisotopic (exact) mass is 405 g/mol. The molecule has 27 heavy (non-hydrogen) atoms. The number of hydrogen-bond acceptors (Lipinski definition) is 4. The van der Waals surface area contributed by atoms with E-state index in [9.17, 15) is 9.59 Å². The predicted octanol–water partition coefficient (Wildman–Crippen LogP) is 3.87. The van der Waals surface area contributed by atoms with Crippen LogP contribution in [0.15, 0.2) is 30.3 Å². The molecule has 5 nitrogen and oxygen atoms in total. The van der Waals surface area contributed by atoms with Gasteiger partial charge < -0.3 is 16.0 Å². The molecule has 0 saturated heterocycles. The molecule has 1 aliphatic rings. The highest BCUT2D eigenvalue weighted by Crippen LogP contribution is 2.34. The van der Waals surface area contributed by atoms with Crippen LogP contribution in [0.4, 0.5) is 0 Å². The van der Waals surface area contributed by atoms with Crippen molar-refractivity contribution in [1.82, 2.24) is 10.3 Å². The number of carbonyl (C=O) groups excluding carboxylic acids is 2. The number of nitrogens with one attached hydrogen (secondary N) is 2. The minimum absolute atomic E-state index is 0.333. The topological polar surface area (TPSA) is 88.0 Å². The van der Waals surface area contributed by atoms with E-state index in [1.165, 1.54) is 30.9 Å². The van der Waals surface area contributed by atoms with Crippen LogP contribution in [0.5, 0.6) is 0 Å². The Bertz CT molecular complexity index is 904. The molecule has 1 amide bonds. The first kappa shape index (κ1) is 21.2. The van der Waals surface area contributed by atoms with Crippen molar-refractivity contribution >= 4 is 45.3 Å².